The smallest absolute Gasteiger partial charge is 0.307 e. The summed E-state index contributed by atoms with van der Waals surface area (Å²) in [5.74, 6) is -0.135. The molecule has 6 nitrogen and oxygen atoms in total. The van der Waals surface area contributed by atoms with Crippen molar-refractivity contribution in [2.24, 2.45) is 5.92 Å². The highest BCUT2D eigenvalue weighted by molar-refractivity contribution is 5.76. The summed E-state index contributed by atoms with van der Waals surface area (Å²) in [6.45, 7) is 3.63. The molecule has 0 aliphatic carbocycles. The standard InChI is InChI=1S/C13H15N3O3/c1-9(2)7-12(17)19-8-16-13(18)10-5-3-4-6-11(10)14-15-16/h3-6,9H,7-8H2,1-2H3. The Kier molecular flexibility index (Phi) is 3.89. The van der Waals surface area contributed by atoms with Gasteiger partial charge in [0.15, 0.2) is 6.73 Å². The molecule has 0 spiro atoms. The Bertz CT molecular complexity index is 649. The average Bonchev–Trinajstić information content (AvgIpc) is 2.37. The molecule has 0 bridgehead atoms. The molecule has 0 aliphatic heterocycles. The van der Waals surface area contributed by atoms with Crippen molar-refractivity contribution in [2.45, 2.75) is 27.0 Å². The molecule has 6 heteroatoms. The predicted octanol–water partition coefficient (Wildman–Crippen LogP) is 1.34. The molecule has 0 atom stereocenters. The maximum atomic E-state index is 12.0. The summed E-state index contributed by atoms with van der Waals surface area (Å²) in [6, 6.07) is 6.90. The fraction of sp³-hybridized carbons (Fsp3) is 0.385. The molecule has 19 heavy (non-hydrogen) atoms. The lowest BCUT2D eigenvalue weighted by Gasteiger charge is -2.07. The summed E-state index contributed by atoms with van der Waals surface area (Å²) < 4.78 is 6.03. The summed E-state index contributed by atoms with van der Waals surface area (Å²) >= 11 is 0. The highest BCUT2D eigenvalue weighted by Crippen LogP contribution is 2.04. The molecular formula is C13H15N3O3. The zero-order valence-electron chi connectivity index (χ0n) is 10.9. The van der Waals surface area contributed by atoms with Gasteiger partial charge in [-0.05, 0) is 18.1 Å². The molecule has 0 N–H and O–H groups in total. The molecule has 0 unspecified atom stereocenters. The van der Waals surface area contributed by atoms with E-state index in [1.807, 2.05) is 13.8 Å². The number of hydrogen-bond acceptors (Lipinski definition) is 5. The fourth-order valence-electron chi connectivity index (χ4n) is 1.63. The number of carbonyl (C=O) groups excluding carboxylic acids is 1. The molecule has 1 aromatic heterocycles. The molecule has 1 heterocycles. The molecule has 0 radical (unpaired) electrons. The normalized spacial score (nSPS) is 10.9. The Hall–Kier alpha value is -2.24. The third-order valence-electron chi connectivity index (χ3n) is 2.55. The van der Waals surface area contributed by atoms with Gasteiger partial charge in [-0.2, -0.15) is 4.68 Å². The van der Waals surface area contributed by atoms with Crippen LogP contribution in [0.2, 0.25) is 0 Å². The van der Waals surface area contributed by atoms with Gasteiger partial charge < -0.3 is 4.74 Å². The van der Waals surface area contributed by atoms with Crippen LogP contribution >= 0.6 is 0 Å². The van der Waals surface area contributed by atoms with Crippen molar-refractivity contribution in [3.8, 4) is 0 Å². The Morgan fingerprint density at radius 3 is 2.84 bits per heavy atom. The van der Waals surface area contributed by atoms with Crippen molar-refractivity contribution in [1.82, 2.24) is 15.0 Å². The van der Waals surface area contributed by atoms with Crippen LogP contribution in [0.4, 0.5) is 0 Å². The maximum absolute atomic E-state index is 12.0. The third kappa shape index (κ3) is 3.15. The van der Waals surface area contributed by atoms with Gasteiger partial charge >= 0.3 is 5.97 Å². The summed E-state index contributed by atoms with van der Waals surface area (Å²) in [4.78, 5) is 23.4. The van der Waals surface area contributed by atoms with Gasteiger partial charge in [0.2, 0.25) is 0 Å². The molecule has 2 rings (SSSR count). The number of nitrogens with zero attached hydrogens (tertiary/aromatic N) is 3. The van der Waals surface area contributed by atoms with Gasteiger partial charge in [-0.1, -0.05) is 31.2 Å². The Morgan fingerprint density at radius 1 is 1.37 bits per heavy atom. The second-order valence-corrected chi connectivity index (χ2v) is 4.65. The summed E-state index contributed by atoms with van der Waals surface area (Å²) in [5.41, 5.74) is 0.209. The maximum Gasteiger partial charge on any atom is 0.307 e. The van der Waals surface area contributed by atoms with E-state index in [2.05, 4.69) is 10.3 Å². The molecule has 100 valence electrons. The number of rotatable bonds is 4. The fourth-order valence-corrected chi connectivity index (χ4v) is 1.63. The summed E-state index contributed by atoms with van der Waals surface area (Å²) in [5, 5.41) is 8.09. The van der Waals surface area contributed by atoms with Crippen LogP contribution in [0.15, 0.2) is 29.1 Å². The van der Waals surface area contributed by atoms with Gasteiger partial charge in [0, 0.05) is 6.42 Å². The van der Waals surface area contributed by atoms with E-state index in [0.29, 0.717) is 17.3 Å². The highest BCUT2D eigenvalue weighted by atomic mass is 16.5. The monoisotopic (exact) mass is 261 g/mol. The van der Waals surface area contributed by atoms with Crippen LogP contribution in [0.25, 0.3) is 10.9 Å². The molecule has 0 fully saturated rings. The number of hydrogen-bond donors (Lipinski definition) is 0. The predicted molar refractivity (Wildman–Crippen MR) is 69.3 cm³/mol. The average molecular weight is 261 g/mol. The van der Waals surface area contributed by atoms with Crippen LogP contribution < -0.4 is 5.56 Å². The first-order valence-corrected chi connectivity index (χ1v) is 6.06. The lowest BCUT2D eigenvalue weighted by atomic mass is 10.1. The van der Waals surface area contributed by atoms with Crippen molar-refractivity contribution in [2.75, 3.05) is 0 Å². The van der Waals surface area contributed by atoms with Crippen LogP contribution in [0.1, 0.15) is 20.3 Å². The quantitative estimate of drug-likeness (QED) is 0.776. The number of benzene rings is 1. The number of carbonyl (C=O) groups is 1. The van der Waals surface area contributed by atoms with E-state index in [1.54, 1.807) is 24.3 Å². The molecule has 0 saturated carbocycles. The zero-order valence-corrected chi connectivity index (χ0v) is 10.9. The molecule has 0 amide bonds. The lowest BCUT2D eigenvalue weighted by molar-refractivity contribution is -0.149. The van der Waals surface area contributed by atoms with Crippen LogP contribution in [0.5, 0.6) is 0 Å². The number of ether oxygens (including phenoxy) is 1. The molecule has 0 saturated heterocycles. The van der Waals surface area contributed by atoms with Gasteiger partial charge in [-0.25, -0.2) is 0 Å². The molecule has 1 aromatic carbocycles. The van der Waals surface area contributed by atoms with E-state index in [1.165, 1.54) is 0 Å². The minimum absolute atomic E-state index is 0.206. The second kappa shape index (κ2) is 5.60. The van der Waals surface area contributed by atoms with Crippen LogP contribution in [-0.4, -0.2) is 21.0 Å². The highest BCUT2D eigenvalue weighted by Gasteiger charge is 2.09. The van der Waals surface area contributed by atoms with E-state index in [0.717, 1.165) is 4.68 Å². The first-order valence-electron chi connectivity index (χ1n) is 6.06. The van der Waals surface area contributed by atoms with E-state index in [9.17, 15) is 9.59 Å². The van der Waals surface area contributed by atoms with Crippen molar-refractivity contribution >= 4 is 16.9 Å². The topological polar surface area (TPSA) is 74.1 Å². The number of aromatic nitrogens is 3. The molecule has 2 aromatic rings. The van der Waals surface area contributed by atoms with E-state index >= 15 is 0 Å². The second-order valence-electron chi connectivity index (χ2n) is 4.65. The van der Waals surface area contributed by atoms with Gasteiger partial charge in [-0.3, -0.25) is 9.59 Å². The minimum Gasteiger partial charge on any atom is -0.442 e. The van der Waals surface area contributed by atoms with Crippen molar-refractivity contribution in [1.29, 1.82) is 0 Å². The van der Waals surface area contributed by atoms with Gasteiger partial charge in [0.05, 0.1) is 5.39 Å². The molecular weight excluding hydrogens is 246 g/mol. The first-order chi connectivity index (χ1) is 9.08. The Labute approximate surface area is 110 Å². The van der Waals surface area contributed by atoms with Crippen molar-refractivity contribution < 1.29 is 9.53 Å². The van der Waals surface area contributed by atoms with Gasteiger partial charge in [-0.15, -0.1) is 5.10 Å². The van der Waals surface area contributed by atoms with Gasteiger partial charge in [0.25, 0.3) is 5.56 Å². The van der Waals surface area contributed by atoms with E-state index in [-0.39, 0.29) is 24.2 Å². The summed E-state index contributed by atoms with van der Waals surface area (Å²) in [6.07, 6.45) is 0.315. The van der Waals surface area contributed by atoms with Gasteiger partial charge in [0.1, 0.15) is 5.52 Å². The van der Waals surface area contributed by atoms with Crippen molar-refractivity contribution in [3.05, 3.63) is 34.6 Å². The number of esters is 1. The zero-order chi connectivity index (χ0) is 13.8. The Balaban J connectivity index is 2.16. The van der Waals surface area contributed by atoms with E-state index in [4.69, 9.17) is 4.74 Å². The van der Waals surface area contributed by atoms with Crippen LogP contribution in [0, 0.1) is 5.92 Å². The third-order valence-corrected chi connectivity index (χ3v) is 2.55. The largest absolute Gasteiger partial charge is 0.442 e. The summed E-state index contributed by atoms with van der Waals surface area (Å²) in [7, 11) is 0. The first kappa shape index (κ1) is 13.2. The Morgan fingerprint density at radius 2 is 2.11 bits per heavy atom. The minimum atomic E-state index is -0.350. The SMILES string of the molecule is CC(C)CC(=O)OCn1nnc2ccccc2c1=O. The van der Waals surface area contributed by atoms with E-state index < -0.39 is 0 Å². The molecule has 0 aliphatic rings. The lowest BCUT2D eigenvalue weighted by Crippen LogP contribution is -2.26. The van der Waals surface area contributed by atoms with Crippen LogP contribution in [0.3, 0.4) is 0 Å². The van der Waals surface area contributed by atoms with Crippen molar-refractivity contribution in [3.63, 3.8) is 0 Å². The van der Waals surface area contributed by atoms with Crippen LogP contribution in [-0.2, 0) is 16.3 Å². The number of fused-ring (bicyclic) bond motifs is 1.